The van der Waals surface area contributed by atoms with Crippen molar-refractivity contribution in [2.45, 2.75) is 6.18 Å². The minimum Gasteiger partial charge on any atom is -0.353 e. The molecule has 1 heterocycles. The minimum atomic E-state index is -4.41. The van der Waals surface area contributed by atoms with Crippen molar-refractivity contribution >= 4 is 17.5 Å². The predicted octanol–water partition coefficient (Wildman–Crippen LogP) is 4.88. The molecule has 0 unspecified atom stereocenters. The maximum absolute atomic E-state index is 13.0. The molecule has 8 heteroatoms. The summed E-state index contributed by atoms with van der Waals surface area (Å²) in [5.74, 6) is 0.813. The molecule has 0 spiro atoms. The molecule has 0 radical (unpaired) electrons. The Morgan fingerprint density at radius 3 is 2.38 bits per heavy atom. The van der Waals surface area contributed by atoms with Gasteiger partial charge < -0.3 is 15.5 Å². The number of hydrogen-bond donors (Lipinski definition) is 2. The number of rotatable bonds is 7. The van der Waals surface area contributed by atoms with E-state index in [1.54, 1.807) is 12.1 Å². The fraction of sp³-hybridized carbons (Fsp3) is 0.238. The van der Waals surface area contributed by atoms with Gasteiger partial charge in [0.1, 0.15) is 5.82 Å². The zero-order valence-corrected chi connectivity index (χ0v) is 16.2. The number of anilines is 3. The van der Waals surface area contributed by atoms with Gasteiger partial charge in [0.25, 0.3) is 0 Å². The Labute approximate surface area is 167 Å². The summed E-state index contributed by atoms with van der Waals surface area (Å²) >= 11 is 0. The van der Waals surface area contributed by atoms with E-state index in [0.29, 0.717) is 29.7 Å². The van der Waals surface area contributed by atoms with Crippen LogP contribution in [0.4, 0.5) is 30.6 Å². The van der Waals surface area contributed by atoms with Gasteiger partial charge in [-0.2, -0.15) is 18.2 Å². The monoisotopic (exact) mass is 401 g/mol. The van der Waals surface area contributed by atoms with Crippen LogP contribution in [0.25, 0.3) is 11.3 Å². The molecule has 0 aliphatic carbocycles. The lowest BCUT2D eigenvalue weighted by Gasteiger charge is -2.14. The van der Waals surface area contributed by atoms with Crippen molar-refractivity contribution in [2.24, 2.45) is 0 Å². The second-order valence-corrected chi connectivity index (χ2v) is 6.76. The van der Waals surface area contributed by atoms with E-state index in [1.807, 2.05) is 49.3 Å². The van der Waals surface area contributed by atoms with Crippen LogP contribution >= 0.6 is 0 Å². The normalized spacial score (nSPS) is 11.5. The number of likely N-dealkylation sites (N-methyl/N-ethyl adjacent to an activating group) is 1. The van der Waals surface area contributed by atoms with Gasteiger partial charge in [-0.15, -0.1) is 0 Å². The first-order chi connectivity index (χ1) is 13.8. The molecule has 152 valence electrons. The Morgan fingerprint density at radius 2 is 1.69 bits per heavy atom. The largest absolute Gasteiger partial charge is 0.416 e. The van der Waals surface area contributed by atoms with Gasteiger partial charge in [0.2, 0.25) is 5.95 Å². The molecule has 2 N–H and O–H groups in total. The fourth-order valence-corrected chi connectivity index (χ4v) is 2.66. The van der Waals surface area contributed by atoms with Crippen molar-refractivity contribution in [1.82, 2.24) is 14.9 Å². The molecule has 3 aromatic rings. The van der Waals surface area contributed by atoms with Crippen LogP contribution in [0, 0.1) is 0 Å². The van der Waals surface area contributed by atoms with Gasteiger partial charge in [0, 0.05) is 30.4 Å². The van der Waals surface area contributed by atoms with Crippen molar-refractivity contribution in [2.75, 3.05) is 37.8 Å². The van der Waals surface area contributed by atoms with Crippen molar-refractivity contribution < 1.29 is 13.2 Å². The molecule has 0 bridgehead atoms. The van der Waals surface area contributed by atoms with Crippen LogP contribution in [0.3, 0.4) is 0 Å². The first kappa shape index (κ1) is 20.6. The number of hydrogen-bond acceptors (Lipinski definition) is 5. The average molecular weight is 401 g/mol. The van der Waals surface area contributed by atoms with Crippen molar-refractivity contribution in [1.29, 1.82) is 0 Å². The van der Waals surface area contributed by atoms with Crippen molar-refractivity contribution in [3.8, 4) is 11.3 Å². The van der Waals surface area contributed by atoms with Gasteiger partial charge in [0.05, 0.1) is 11.3 Å². The van der Waals surface area contributed by atoms with Gasteiger partial charge in [-0.1, -0.05) is 36.4 Å². The van der Waals surface area contributed by atoms with Crippen LogP contribution in [0.1, 0.15) is 5.56 Å². The summed E-state index contributed by atoms with van der Waals surface area (Å²) in [7, 11) is 3.92. The molecule has 0 atom stereocenters. The zero-order valence-electron chi connectivity index (χ0n) is 16.2. The lowest BCUT2D eigenvalue weighted by Crippen LogP contribution is -2.21. The van der Waals surface area contributed by atoms with Crippen LogP contribution in [0.5, 0.6) is 0 Å². The van der Waals surface area contributed by atoms with Crippen molar-refractivity contribution in [3.63, 3.8) is 0 Å². The molecule has 0 fully saturated rings. The number of halogens is 3. The van der Waals surface area contributed by atoms with Crippen LogP contribution in [-0.2, 0) is 6.18 Å². The number of aromatic nitrogens is 2. The quantitative estimate of drug-likeness (QED) is 0.591. The van der Waals surface area contributed by atoms with Gasteiger partial charge >= 0.3 is 6.18 Å². The molecule has 1 aromatic heterocycles. The van der Waals surface area contributed by atoms with Crippen LogP contribution in [0.2, 0.25) is 0 Å². The van der Waals surface area contributed by atoms with E-state index in [-0.39, 0.29) is 0 Å². The summed E-state index contributed by atoms with van der Waals surface area (Å²) in [6.07, 6.45) is -4.41. The fourth-order valence-electron chi connectivity index (χ4n) is 2.66. The summed E-state index contributed by atoms with van der Waals surface area (Å²) < 4.78 is 39.0. The third-order valence-corrected chi connectivity index (χ3v) is 4.10. The first-order valence-corrected chi connectivity index (χ1v) is 9.08. The SMILES string of the molecule is CN(C)CCNc1nc(Nc2cccc(C(F)(F)F)c2)cc(-c2ccccc2)n1. The molecule has 0 aliphatic heterocycles. The smallest absolute Gasteiger partial charge is 0.353 e. The van der Waals surface area contributed by atoms with Gasteiger partial charge in [-0.05, 0) is 32.3 Å². The second-order valence-electron chi connectivity index (χ2n) is 6.76. The summed E-state index contributed by atoms with van der Waals surface area (Å²) in [5, 5.41) is 6.13. The molecule has 0 amide bonds. The summed E-state index contributed by atoms with van der Waals surface area (Å²) in [6.45, 7) is 1.42. The molecule has 29 heavy (non-hydrogen) atoms. The molecule has 2 aromatic carbocycles. The highest BCUT2D eigenvalue weighted by atomic mass is 19.4. The number of alkyl halides is 3. The third kappa shape index (κ3) is 5.92. The molecular formula is C21H22F3N5. The number of nitrogens with zero attached hydrogens (tertiary/aromatic N) is 3. The standard InChI is InChI=1S/C21H22F3N5/c1-29(2)12-11-25-20-27-18(15-7-4-3-5-8-15)14-19(28-20)26-17-10-6-9-16(13-17)21(22,23)24/h3-10,13-14H,11-12H2,1-2H3,(H2,25,26,27,28). The van der Waals surface area contributed by atoms with Gasteiger partial charge in [-0.3, -0.25) is 0 Å². The Kier molecular flexibility index (Phi) is 6.33. The molecule has 0 aliphatic rings. The molecule has 0 saturated heterocycles. The van der Waals surface area contributed by atoms with E-state index in [2.05, 4.69) is 20.6 Å². The zero-order chi connectivity index (χ0) is 20.9. The molecule has 5 nitrogen and oxygen atoms in total. The highest BCUT2D eigenvalue weighted by Gasteiger charge is 2.30. The molecule has 0 saturated carbocycles. The van der Waals surface area contributed by atoms with Gasteiger partial charge in [0.15, 0.2) is 0 Å². The number of benzene rings is 2. The average Bonchev–Trinajstić information content (AvgIpc) is 2.68. The first-order valence-electron chi connectivity index (χ1n) is 9.08. The Morgan fingerprint density at radius 1 is 0.931 bits per heavy atom. The minimum absolute atomic E-state index is 0.303. The van der Waals surface area contributed by atoms with E-state index in [9.17, 15) is 13.2 Å². The lowest BCUT2D eigenvalue weighted by atomic mass is 10.1. The highest BCUT2D eigenvalue weighted by molar-refractivity contribution is 5.67. The third-order valence-electron chi connectivity index (χ3n) is 4.10. The Bertz CT molecular complexity index is 943. The van der Waals surface area contributed by atoms with Gasteiger partial charge in [-0.25, -0.2) is 4.98 Å². The Balaban J connectivity index is 1.90. The topological polar surface area (TPSA) is 53.1 Å². The van der Waals surface area contributed by atoms with Crippen LogP contribution < -0.4 is 10.6 Å². The second kappa shape index (κ2) is 8.91. The summed E-state index contributed by atoms with van der Waals surface area (Å²) in [5.41, 5.74) is 1.14. The molecular weight excluding hydrogens is 379 g/mol. The molecule has 3 rings (SSSR count). The van der Waals surface area contributed by atoms with E-state index >= 15 is 0 Å². The summed E-state index contributed by atoms with van der Waals surface area (Å²) in [4.78, 5) is 11.0. The highest BCUT2D eigenvalue weighted by Crippen LogP contribution is 2.31. The van der Waals surface area contributed by atoms with E-state index in [0.717, 1.165) is 24.2 Å². The Hall–Kier alpha value is -3.13. The van der Waals surface area contributed by atoms with Crippen LogP contribution in [-0.4, -0.2) is 42.1 Å². The maximum Gasteiger partial charge on any atom is 0.416 e. The number of nitrogens with one attached hydrogen (secondary N) is 2. The summed E-state index contributed by atoms with van der Waals surface area (Å²) in [6, 6.07) is 16.3. The van der Waals surface area contributed by atoms with E-state index < -0.39 is 11.7 Å². The van der Waals surface area contributed by atoms with E-state index in [1.165, 1.54) is 6.07 Å². The van der Waals surface area contributed by atoms with Crippen molar-refractivity contribution in [3.05, 3.63) is 66.2 Å². The van der Waals surface area contributed by atoms with Crippen LogP contribution in [0.15, 0.2) is 60.7 Å². The lowest BCUT2D eigenvalue weighted by molar-refractivity contribution is -0.137. The predicted molar refractivity (Wildman–Crippen MR) is 109 cm³/mol. The van der Waals surface area contributed by atoms with E-state index in [4.69, 9.17) is 0 Å². The maximum atomic E-state index is 13.0.